The van der Waals surface area contributed by atoms with Crippen LogP contribution in [0.1, 0.15) is 31.1 Å². The van der Waals surface area contributed by atoms with Gasteiger partial charge in [-0.05, 0) is 35.9 Å². The molecule has 0 spiro atoms. The molecule has 2 aliphatic rings. The molecule has 4 N–H and O–H groups in total. The second-order valence-electron chi connectivity index (χ2n) is 9.59. The second-order valence-corrected chi connectivity index (χ2v) is 10.0. The molecule has 33 heavy (non-hydrogen) atoms. The highest BCUT2D eigenvalue weighted by molar-refractivity contribution is 6.30. The summed E-state index contributed by atoms with van der Waals surface area (Å²) in [5.74, 6) is -1.33. The average molecular weight is 474 g/mol. The third kappa shape index (κ3) is 4.32. The van der Waals surface area contributed by atoms with Crippen LogP contribution >= 0.6 is 11.6 Å². The molecular weight excluding hydrogens is 447 g/mol. The Morgan fingerprint density at radius 3 is 2.55 bits per heavy atom. The summed E-state index contributed by atoms with van der Waals surface area (Å²) in [6.07, 6.45) is 0. The molecule has 1 saturated heterocycles. The molecule has 7 nitrogen and oxygen atoms in total. The first-order chi connectivity index (χ1) is 15.5. The van der Waals surface area contributed by atoms with Crippen LogP contribution < -0.4 is 11.1 Å². The zero-order chi connectivity index (χ0) is 24.1. The first-order valence-electron chi connectivity index (χ1n) is 10.8. The lowest BCUT2D eigenvalue weighted by molar-refractivity contribution is -0.428. The van der Waals surface area contributed by atoms with E-state index in [9.17, 15) is 18.8 Å². The van der Waals surface area contributed by atoms with E-state index in [4.69, 9.17) is 11.6 Å². The maximum absolute atomic E-state index is 14.5. The van der Waals surface area contributed by atoms with Crippen molar-refractivity contribution in [2.75, 3.05) is 25.0 Å². The van der Waals surface area contributed by atoms with E-state index in [0.717, 1.165) is 0 Å². The molecule has 0 bridgehead atoms. The van der Waals surface area contributed by atoms with Crippen molar-refractivity contribution in [3.63, 3.8) is 0 Å². The molecule has 2 aromatic rings. The second kappa shape index (κ2) is 8.43. The standard InChI is InChI=1S/C24H26ClFN4O3/c1-24(2,3)20(27)23(33)29-8-9-30-19(12-29)21(31)28-18-7-4-13(10-16(18)22(30)32)15-6-5-14(25)11-17(15)26/h4-7,10-11,19-20H,8-9,12,27H2,1-3H3,(H,28,31)/p+1/t19?,20-/m1/s1. The number of benzene rings is 2. The lowest BCUT2D eigenvalue weighted by Crippen LogP contribution is -2.74. The lowest BCUT2D eigenvalue weighted by atomic mass is 9.86. The molecule has 0 saturated carbocycles. The number of quaternary nitrogens is 1. The predicted molar refractivity (Wildman–Crippen MR) is 123 cm³/mol. The van der Waals surface area contributed by atoms with Crippen LogP contribution in [0.4, 0.5) is 10.1 Å². The summed E-state index contributed by atoms with van der Waals surface area (Å²) in [5, 5.41) is 3.08. The van der Waals surface area contributed by atoms with E-state index in [2.05, 4.69) is 11.1 Å². The van der Waals surface area contributed by atoms with Crippen molar-refractivity contribution < 1.29 is 24.5 Å². The van der Waals surface area contributed by atoms with Gasteiger partial charge < -0.3 is 20.9 Å². The van der Waals surface area contributed by atoms with Gasteiger partial charge in [-0.1, -0.05) is 38.4 Å². The van der Waals surface area contributed by atoms with Gasteiger partial charge in [-0.25, -0.2) is 4.39 Å². The number of hydrogen-bond donors (Lipinski definition) is 2. The summed E-state index contributed by atoms with van der Waals surface area (Å²) in [4.78, 5) is 42.5. The van der Waals surface area contributed by atoms with Crippen LogP contribution in [0.25, 0.3) is 11.1 Å². The van der Waals surface area contributed by atoms with E-state index < -0.39 is 17.9 Å². The highest BCUT2D eigenvalue weighted by Gasteiger charge is 2.43. The Morgan fingerprint density at radius 1 is 1.15 bits per heavy atom. The van der Waals surface area contributed by atoms with E-state index >= 15 is 0 Å². The maximum Gasteiger partial charge on any atom is 0.281 e. The summed E-state index contributed by atoms with van der Waals surface area (Å²) in [5.41, 5.74) is 5.14. The quantitative estimate of drug-likeness (QED) is 0.700. The number of halogens is 2. The Balaban J connectivity index is 1.63. The Bertz CT molecular complexity index is 1150. The van der Waals surface area contributed by atoms with Crippen molar-refractivity contribution in [1.29, 1.82) is 0 Å². The number of nitrogens with one attached hydrogen (secondary N) is 1. The Kier molecular flexibility index (Phi) is 5.92. The van der Waals surface area contributed by atoms with Gasteiger partial charge in [-0.2, -0.15) is 0 Å². The van der Waals surface area contributed by atoms with E-state index in [1.54, 1.807) is 35.2 Å². The number of nitrogens with zero attached hydrogens (tertiary/aromatic N) is 2. The number of piperazine rings is 1. The molecule has 9 heteroatoms. The zero-order valence-electron chi connectivity index (χ0n) is 18.8. The number of amides is 3. The van der Waals surface area contributed by atoms with E-state index in [-0.39, 0.29) is 46.8 Å². The third-order valence-electron chi connectivity index (χ3n) is 6.35. The molecule has 0 aliphatic carbocycles. The number of carbonyl (C=O) groups excluding carboxylic acids is 3. The van der Waals surface area contributed by atoms with Crippen LogP contribution in [0.2, 0.25) is 5.02 Å². The molecule has 1 fully saturated rings. The van der Waals surface area contributed by atoms with Crippen LogP contribution in [0.15, 0.2) is 36.4 Å². The summed E-state index contributed by atoms with van der Waals surface area (Å²) in [6, 6.07) is 7.89. The Hall–Kier alpha value is -2.97. The molecule has 3 amide bonds. The first kappa shape index (κ1) is 23.2. The van der Waals surface area contributed by atoms with Crippen molar-refractivity contribution in [3.8, 4) is 11.1 Å². The SMILES string of the molecule is CC(C)(C)[C@H]([NH3+])C(=O)N1CCN2C(=O)c3cc(-c4ccc(Cl)cc4F)ccc3NC(=O)C2C1. The summed E-state index contributed by atoms with van der Waals surface area (Å²) in [7, 11) is 0. The highest BCUT2D eigenvalue weighted by atomic mass is 35.5. The number of anilines is 1. The largest absolute Gasteiger partial charge is 0.347 e. The maximum atomic E-state index is 14.5. The van der Waals surface area contributed by atoms with Gasteiger partial charge in [0.15, 0.2) is 6.04 Å². The van der Waals surface area contributed by atoms with Crippen LogP contribution in [0, 0.1) is 11.2 Å². The van der Waals surface area contributed by atoms with Crippen LogP contribution in [0.3, 0.4) is 0 Å². The van der Waals surface area contributed by atoms with E-state index in [0.29, 0.717) is 23.4 Å². The monoisotopic (exact) mass is 473 g/mol. The molecular formula is C24H27ClFN4O3+. The molecule has 0 radical (unpaired) electrons. The van der Waals surface area contributed by atoms with Crippen molar-refractivity contribution in [2.24, 2.45) is 5.41 Å². The van der Waals surface area contributed by atoms with Gasteiger partial charge in [0.2, 0.25) is 5.91 Å². The van der Waals surface area contributed by atoms with Crippen LogP contribution in [-0.4, -0.2) is 59.2 Å². The average Bonchev–Trinajstić information content (AvgIpc) is 2.86. The molecule has 1 unspecified atom stereocenters. The number of rotatable bonds is 2. The van der Waals surface area contributed by atoms with Gasteiger partial charge in [0.1, 0.15) is 11.9 Å². The van der Waals surface area contributed by atoms with E-state index in [1.165, 1.54) is 11.0 Å². The van der Waals surface area contributed by atoms with Gasteiger partial charge in [0.05, 0.1) is 17.8 Å². The zero-order valence-corrected chi connectivity index (χ0v) is 19.6. The molecule has 174 valence electrons. The van der Waals surface area contributed by atoms with Crippen molar-refractivity contribution >= 4 is 35.0 Å². The minimum atomic E-state index is -0.814. The number of hydrogen-bond acceptors (Lipinski definition) is 3. The van der Waals surface area contributed by atoms with Gasteiger partial charge >= 0.3 is 0 Å². The number of fused-ring (bicyclic) bond motifs is 2. The van der Waals surface area contributed by atoms with Gasteiger partial charge in [0, 0.05) is 29.1 Å². The van der Waals surface area contributed by atoms with Crippen molar-refractivity contribution in [1.82, 2.24) is 9.80 Å². The molecule has 2 aliphatic heterocycles. The van der Waals surface area contributed by atoms with Gasteiger partial charge in [0.25, 0.3) is 11.8 Å². The lowest BCUT2D eigenvalue weighted by Gasteiger charge is -2.40. The molecule has 4 rings (SSSR count). The fraction of sp³-hybridized carbons (Fsp3) is 0.375. The van der Waals surface area contributed by atoms with Crippen molar-refractivity contribution in [2.45, 2.75) is 32.9 Å². The fourth-order valence-corrected chi connectivity index (χ4v) is 4.29. The predicted octanol–water partition coefficient (Wildman–Crippen LogP) is 2.41. The Morgan fingerprint density at radius 2 is 1.88 bits per heavy atom. The minimum absolute atomic E-state index is 0.102. The first-order valence-corrected chi connectivity index (χ1v) is 11.2. The normalized spacial score (nSPS) is 19.4. The van der Waals surface area contributed by atoms with Crippen molar-refractivity contribution in [3.05, 3.63) is 52.8 Å². The van der Waals surface area contributed by atoms with Gasteiger partial charge in [-0.15, -0.1) is 0 Å². The minimum Gasteiger partial charge on any atom is -0.347 e. The topological polar surface area (TPSA) is 97.4 Å². The van der Waals surface area contributed by atoms with Crippen LogP contribution in [-0.2, 0) is 9.59 Å². The molecule has 2 atom stereocenters. The fourth-order valence-electron chi connectivity index (χ4n) is 4.13. The van der Waals surface area contributed by atoms with Gasteiger partial charge in [-0.3, -0.25) is 14.4 Å². The number of carbonyl (C=O) groups is 3. The summed E-state index contributed by atoms with van der Waals surface area (Å²) >= 11 is 5.86. The summed E-state index contributed by atoms with van der Waals surface area (Å²) in [6.45, 7) is 6.47. The molecule has 2 aromatic carbocycles. The summed E-state index contributed by atoms with van der Waals surface area (Å²) < 4.78 is 14.5. The Labute approximate surface area is 196 Å². The molecule has 2 heterocycles. The highest BCUT2D eigenvalue weighted by Crippen LogP contribution is 2.32. The smallest absolute Gasteiger partial charge is 0.281 e. The van der Waals surface area contributed by atoms with Crippen LogP contribution in [0.5, 0.6) is 0 Å². The third-order valence-corrected chi connectivity index (χ3v) is 6.58. The molecule has 0 aromatic heterocycles. The van der Waals surface area contributed by atoms with E-state index in [1.807, 2.05) is 20.8 Å².